The number of hydrogen-bond donors (Lipinski definition) is 2. The summed E-state index contributed by atoms with van der Waals surface area (Å²) in [5.74, 6) is -0.750. The van der Waals surface area contributed by atoms with Crippen LogP contribution in [0.4, 0.5) is 0 Å². The van der Waals surface area contributed by atoms with Crippen LogP contribution in [-0.2, 0) is 11.3 Å². The Morgan fingerprint density at radius 1 is 1.37 bits per heavy atom. The highest BCUT2D eigenvalue weighted by atomic mass is 32.1. The van der Waals surface area contributed by atoms with Crippen molar-refractivity contribution in [3.8, 4) is 0 Å². The minimum absolute atomic E-state index is 0.634. The number of unbranched alkanes of at least 4 members (excludes halogenated alkanes) is 4. The predicted octanol–water partition coefficient (Wildman–Crippen LogP) is 4.04. The Bertz CT molecular complexity index is 364. The van der Waals surface area contributed by atoms with Gasteiger partial charge in [0.2, 0.25) is 0 Å². The van der Waals surface area contributed by atoms with Crippen molar-refractivity contribution in [3.63, 3.8) is 0 Å². The highest BCUT2D eigenvalue weighted by Gasteiger charge is 2.31. The summed E-state index contributed by atoms with van der Waals surface area (Å²) in [5, 5.41) is 14.6. The van der Waals surface area contributed by atoms with E-state index >= 15 is 0 Å². The van der Waals surface area contributed by atoms with Crippen LogP contribution in [0.5, 0.6) is 0 Å². The molecule has 1 heterocycles. The normalized spacial score (nSPS) is 14.2. The number of hydrogen-bond acceptors (Lipinski definition) is 3. The molecule has 0 saturated heterocycles. The van der Waals surface area contributed by atoms with E-state index in [0.29, 0.717) is 13.0 Å². The van der Waals surface area contributed by atoms with Gasteiger partial charge >= 0.3 is 5.97 Å². The molecule has 0 aliphatic carbocycles. The van der Waals surface area contributed by atoms with Crippen LogP contribution < -0.4 is 5.32 Å². The quantitative estimate of drug-likeness (QED) is 0.637. The SMILES string of the molecule is CCCCCCCC(C)(NCc1cccs1)C(=O)O. The molecule has 1 aromatic heterocycles. The van der Waals surface area contributed by atoms with E-state index in [-0.39, 0.29) is 0 Å². The second-order valence-corrected chi connectivity index (χ2v) is 6.27. The minimum Gasteiger partial charge on any atom is -0.480 e. The fourth-order valence-electron chi connectivity index (χ4n) is 2.05. The fraction of sp³-hybridized carbons (Fsp3) is 0.667. The van der Waals surface area contributed by atoms with Crippen molar-refractivity contribution in [1.82, 2.24) is 5.32 Å². The molecule has 4 heteroatoms. The molecule has 0 saturated carbocycles. The van der Waals surface area contributed by atoms with E-state index in [9.17, 15) is 9.90 Å². The van der Waals surface area contributed by atoms with Crippen LogP contribution in [0.15, 0.2) is 17.5 Å². The van der Waals surface area contributed by atoms with Crippen molar-refractivity contribution in [2.24, 2.45) is 0 Å². The van der Waals surface area contributed by atoms with Crippen LogP contribution in [-0.4, -0.2) is 16.6 Å². The number of carboxylic acid groups (broad SMARTS) is 1. The van der Waals surface area contributed by atoms with E-state index in [0.717, 1.165) is 12.8 Å². The third-order valence-electron chi connectivity index (χ3n) is 3.49. The van der Waals surface area contributed by atoms with Crippen LogP contribution >= 0.6 is 11.3 Å². The van der Waals surface area contributed by atoms with Gasteiger partial charge in [0, 0.05) is 11.4 Å². The van der Waals surface area contributed by atoms with Gasteiger partial charge in [-0.05, 0) is 24.8 Å². The lowest BCUT2D eigenvalue weighted by atomic mass is 9.94. The van der Waals surface area contributed by atoms with E-state index in [1.54, 1.807) is 18.3 Å². The number of nitrogens with one attached hydrogen (secondary N) is 1. The summed E-state index contributed by atoms with van der Waals surface area (Å²) in [4.78, 5) is 12.6. The third-order valence-corrected chi connectivity index (χ3v) is 4.36. The van der Waals surface area contributed by atoms with Crippen LogP contribution in [0.3, 0.4) is 0 Å². The van der Waals surface area contributed by atoms with Gasteiger partial charge in [0.1, 0.15) is 5.54 Å². The topological polar surface area (TPSA) is 49.3 Å². The highest BCUT2D eigenvalue weighted by Crippen LogP contribution is 2.18. The molecule has 1 aromatic rings. The largest absolute Gasteiger partial charge is 0.480 e. The molecule has 1 rings (SSSR count). The monoisotopic (exact) mass is 283 g/mol. The predicted molar refractivity (Wildman–Crippen MR) is 80.6 cm³/mol. The summed E-state index contributed by atoms with van der Waals surface area (Å²) in [6.45, 7) is 4.61. The first-order chi connectivity index (χ1) is 9.08. The Morgan fingerprint density at radius 3 is 2.68 bits per heavy atom. The molecular formula is C15H25NO2S. The zero-order chi connectivity index (χ0) is 14.1. The number of carbonyl (C=O) groups is 1. The molecular weight excluding hydrogens is 258 g/mol. The van der Waals surface area contributed by atoms with Crippen LogP contribution in [0.25, 0.3) is 0 Å². The molecule has 0 radical (unpaired) electrons. The van der Waals surface area contributed by atoms with Crippen molar-refractivity contribution >= 4 is 17.3 Å². The molecule has 19 heavy (non-hydrogen) atoms. The maximum absolute atomic E-state index is 11.4. The second-order valence-electron chi connectivity index (χ2n) is 5.23. The molecule has 1 atom stereocenters. The molecule has 0 aromatic carbocycles. The standard InChI is InChI=1S/C15H25NO2S/c1-3-4-5-6-7-10-15(2,14(17)18)16-12-13-9-8-11-19-13/h8-9,11,16H,3-7,10,12H2,1-2H3,(H,17,18). The molecule has 0 amide bonds. The number of aliphatic carboxylic acids is 1. The van der Waals surface area contributed by atoms with Crippen LogP contribution in [0, 0.1) is 0 Å². The smallest absolute Gasteiger partial charge is 0.323 e. The maximum Gasteiger partial charge on any atom is 0.323 e. The van der Waals surface area contributed by atoms with E-state index in [4.69, 9.17) is 0 Å². The van der Waals surface area contributed by atoms with E-state index in [1.165, 1.54) is 24.1 Å². The molecule has 0 fully saturated rings. The first-order valence-corrected chi connectivity index (χ1v) is 7.97. The van der Waals surface area contributed by atoms with Gasteiger partial charge in [-0.15, -0.1) is 11.3 Å². The Hall–Kier alpha value is -0.870. The summed E-state index contributed by atoms with van der Waals surface area (Å²) >= 11 is 1.65. The van der Waals surface area contributed by atoms with Crippen molar-refractivity contribution < 1.29 is 9.90 Å². The molecule has 0 bridgehead atoms. The average molecular weight is 283 g/mol. The number of rotatable bonds is 10. The van der Waals surface area contributed by atoms with Gasteiger partial charge in [0.25, 0.3) is 0 Å². The summed E-state index contributed by atoms with van der Waals surface area (Å²) in [6, 6.07) is 4.02. The molecule has 0 aliphatic heterocycles. The zero-order valence-corrected chi connectivity index (χ0v) is 12.8. The molecule has 2 N–H and O–H groups in total. The Morgan fingerprint density at radius 2 is 2.11 bits per heavy atom. The van der Waals surface area contributed by atoms with Crippen LogP contribution in [0.2, 0.25) is 0 Å². The third kappa shape index (κ3) is 5.74. The molecule has 0 spiro atoms. The van der Waals surface area contributed by atoms with Gasteiger partial charge in [-0.1, -0.05) is 45.1 Å². The molecule has 3 nitrogen and oxygen atoms in total. The van der Waals surface area contributed by atoms with Gasteiger partial charge < -0.3 is 5.11 Å². The molecule has 0 aliphatic rings. The van der Waals surface area contributed by atoms with Gasteiger partial charge in [-0.2, -0.15) is 0 Å². The van der Waals surface area contributed by atoms with E-state index in [2.05, 4.69) is 12.2 Å². The van der Waals surface area contributed by atoms with Gasteiger partial charge in [-0.3, -0.25) is 10.1 Å². The van der Waals surface area contributed by atoms with E-state index < -0.39 is 11.5 Å². The minimum atomic E-state index is -0.809. The lowest BCUT2D eigenvalue weighted by Crippen LogP contribution is -2.48. The number of thiophene rings is 1. The summed E-state index contributed by atoms with van der Waals surface area (Å²) in [7, 11) is 0. The Kier molecular flexibility index (Phi) is 7.10. The molecule has 108 valence electrons. The van der Waals surface area contributed by atoms with Crippen molar-refractivity contribution in [3.05, 3.63) is 22.4 Å². The van der Waals surface area contributed by atoms with Gasteiger partial charge in [0.15, 0.2) is 0 Å². The average Bonchev–Trinajstić information content (AvgIpc) is 2.89. The van der Waals surface area contributed by atoms with Crippen LogP contribution in [0.1, 0.15) is 57.2 Å². The lowest BCUT2D eigenvalue weighted by Gasteiger charge is -2.26. The summed E-state index contributed by atoms with van der Waals surface area (Å²) in [6.07, 6.45) is 6.45. The number of carboxylic acids is 1. The first kappa shape index (κ1) is 16.2. The Labute approximate surface area is 120 Å². The van der Waals surface area contributed by atoms with Crippen molar-refractivity contribution in [1.29, 1.82) is 0 Å². The second kappa shape index (κ2) is 8.33. The van der Waals surface area contributed by atoms with E-state index in [1.807, 2.05) is 17.5 Å². The summed E-state index contributed by atoms with van der Waals surface area (Å²) < 4.78 is 0. The zero-order valence-electron chi connectivity index (χ0n) is 11.9. The van der Waals surface area contributed by atoms with Crippen molar-refractivity contribution in [2.75, 3.05) is 0 Å². The first-order valence-electron chi connectivity index (χ1n) is 7.09. The maximum atomic E-state index is 11.4. The van der Waals surface area contributed by atoms with Gasteiger partial charge in [-0.25, -0.2) is 0 Å². The summed E-state index contributed by atoms with van der Waals surface area (Å²) in [5.41, 5.74) is -0.809. The Balaban J connectivity index is 2.38. The highest BCUT2D eigenvalue weighted by molar-refractivity contribution is 7.09. The van der Waals surface area contributed by atoms with Crippen molar-refractivity contribution in [2.45, 2.75) is 64.5 Å². The van der Waals surface area contributed by atoms with Gasteiger partial charge in [0.05, 0.1) is 0 Å². The molecule has 1 unspecified atom stereocenters. The fourth-order valence-corrected chi connectivity index (χ4v) is 2.69. The lowest BCUT2D eigenvalue weighted by molar-refractivity contribution is -0.144.